The van der Waals surface area contributed by atoms with Crippen molar-refractivity contribution < 1.29 is 0 Å². The predicted octanol–water partition coefficient (Wildman–Crippen LogP) is 3.45. The summed E-state index contributed by atoms with van der Waals surface area (Å²) in [6.07, 6.45) is 1.21. The Morgan fingerprint density at radius 3 is 1.54 bits per heavy atom. The van der Waals surface area contributed by atoms with Gasteiger partial charge in [0.05, 0.1) is 0 Å². The van der Waals surface area contributed by atoms with Crippen molar-refractivity contribution in [3.8, 4) is 0 Å². The Bertz CT molecular complexity index is 122. The van der Waals surface area contributed by atoms with Crippen molar-refractivity contribution in [2.24, 2.45) is 10.8 Å². The van der Waals surface area contributed by atoms with Crippen LogP contribution in [0.4, 0.5) is 0 Å². The van der Waals surface area contributed by atoms with E-state index in [-0.39, 0.29) is 0 Å². The van der Waals surface area contributed by atoms with E-state index in [4.69, 9.17) is 0 Å². The Morgan fingerprint density at radius 1 is 0.923 bits per heavy atom. The molecule has 0 bridgehead atoms. The van der Waals surface area contributed by atoms with Gasteiger partial charge < -0.3 is 5.32 Å². The fourth-order valence-electron chi connectivity index (χ4n) is 2.20. The molecule has 0 saturated carbocycles. The molecular weight excluding hydrogens is 158 g/mol. The molecule has 0 saturated heterocycles. The van der Waals surface area contributed by atoms with E-state index in [9.17, 15) is 0 Å². The molecule has 0 unspecified atom stereocenters. The fraction of sp³-hybridized carbons (Fsp3) is 1.00. The van der Waals surface area contributed by atoms with E-state index in [0.717, 1.165) is 6.54 Å². The molecule has 1 N–H and O–H groups in total. The summed E-state index contributed by atoms with van der Waals surface area (Å²) in [5.74, 6) is 0. The van der Waals surface area contributed by atoms with Crippen LogP contribution in [0.5, 0.6) is 0 Å². The molecule has 13 heavy (non-hydrogen) atoms. The number of rotatable bonds is 3. The maximum Gasteiger partial charge on any atom is 0.0164 e. The lowest BCUT2D eigenvalue weighted by Crippen LogP contribution is -2.49. The van der Waals surface area contributed by atoms with Gasteiger partial charge in [-0.2, -0.15) is 0 Å². The van der Waals surface area contributed by atoms with Gasteiger partial charge in [0.25, 0.3) is 0 Å². The van der Waals surface area contributed by atoms with Crippen LogP contribution in [0, 0.1) is 10.8 Å². The summed E-state index contributed by atoms with van der Waals surface area (Å²) in [4.78, 5) is 0. The quantitative estimate of drug-likeness (QED) is 0.710. The molecule has 1 heteroatoms. The summed E-state index contributed by atoms with van der Waals surface area (Å²) < 4.78 is 0. The van der Waals surface area contributed by atoms with E-state index < -0.39 is 0 Å². The molecule has 0 rings (SSSR count). The molecule has 1 nitrogen and oxygen atoms in total. The highest BCUT2D eigenvalue weighted by Crippen LogP contribution is 2.33. The average Bonchev–Trinajstić information content (AvgIpc) is 1.81. The summed E-state index contributed by atoms with van der Waals surface area (Å²) in [5, 5.41) is 3.65. The first-order valence-electron chi connectivity index (χ1n) is 5.43. The third-order valence-corrected chi connectivity index (χ3v) is 2.33. The molecule has 0 aromatic heterocycles. The van der Waals surface area contributed by atoms with Crippen LogP contribution < -0.4 is 5.32 Å². The van der Waals surface area contributed by atoms with Gasteiger partial charge >= 0.3 is 0 Å². The van der Waals surface area contributed by atoms with Crippen LogP contribution >= 0.6 is 0 Å². The first-order valence-corrected chi connectivity index (χ1v) is 5.43. The van der Waals surface area contributed by atoms with Crippen LogP contribution in [-0.4, -0.2) is 12.6 Å². The summed E-state index contributed by atoms with van der Waals surface area (Å²) in [5.41, 5.74) is 0.681. The minimum Gasteiger partial charge on any atom is -0.313 e. The SMILES string of the molecule is CCCNC(C(C)(C)C)C(C)(C)C. The largest absolute Gasteiger partial charge is 0.313 e. The lowest BCUT2D eigenvalue weighted by Gasteiger charge is -2.41. The van der Waals surface area contributed by atoms with Crippen LogP contribution in [0.2, 0.25) is 0 Å². The van der Waals surface area contributed by atoms with E-state index >= 15 is 0 Å². The zero-order valence-electron chi connectivity index (χ0n) is 10.5. The third kappa shape index (κ3) is 4.66. The first kappa shape index (κ1) is 13.0. The van der Waals surface area contributed by atoms with Crippen LogP contribution in [0.15, 0.2) is 0 Å². The third-order valence-electron chi connectivity index (χ3n) is 2.33. The molecule has 0 spiro atoms. The normalized spacial score (nSPS) is 13.8. The molecule has 0 radical (unpaired) electrons. The van der Waals surface area contributed by atoms with Crippen LogP contribution in [0.3, 0.4) is 0 Å². The summed E-state index contributed by atoms with van der Waals surface area (Å²) in [6.45, 7) is 17.2. The second kappa shape index (κ2) is 4.45. The predicted molar refractivity (Wildman–Crippen MR) is 61.0 cm³/mol. The number of hydrogen-bond acceptors (Lipinski definition) is 1. The van der Waals surface area contributed by atoms with Crippen molar-refractivity contribution in [1.82, 2.24) is 5.32 Å². The van der Waals surface area contributed by atoms with Gasteiger partial charge in [-0.05, 0) is 23.8 Å². The molecule has 0 aliphatic heterocycles. The molecule has 0 aliphatic rings. The smallest absolute Gasteiger partial charge is 0.0164 e. The maximum absolute atomic E-state index is 3.65. The number of nitrogens with one attached hydrogen (secondary N) is 1. The molecule has 0 heterocycles. The zero-order valence-corrected chi connectivity index (χ0v) is 10.5. The van der Waals surface area contributed by atoms with Gasteiger partial charge in [-0.3, -0.25) is 0 Å². The summed E-state index contributed by atoms with van der Waals surface area (Å²) in [7, 11) is 0. The van der Waals surface area contributed by atoms with Crippen molar-refractivity contribution in [1.29, 1.82) is 0 Å². The monoisotopic (exact) mass is 185 g/mol. The summed E-state index contributed by atoms with van der Waals surface area (Å²) in [6, 6.07) is 0.583. The molecule has 0 aromatic carbocycles. The molecule has 0 atom stereocenters. The van der Waals surface area contributed by atoms with Gasteiger partial charge in [0.15, 0.2) is 0 Å². The topological polar surface area (TPSA) is 12.0 Å². The van der Waals surface area contributed by atoms with E-state index in [0.29, 0.717) is 16.9 Å². The Morgan fingerprint density at radius 2 is 1.31 bits per heavy atom. The second-order valence-corrected chi connectivity index (χ2v) is 6.12. The molecule has 80 valence electrons. The van der Waals surface area contributed by atoms with Gasteiger partial charge in [-0.1, -0.05) is 48.5 Å². The van der Waals surface area contributed by atoms with Crippen LogP contribution in [0.25, 0.3) is 0 Å². The fourth-order valence-corrected chi connectivity index (χ4v) is 2.20. The van der Waals surface area contributed by atoms with Crippen molar-refractivity contribution >= 4 is 0 Å². The molecular formula is C12H27N. The van der Waals surface area contributed by atoms with Crippen molar-refractivity contribution in [2.45, 2.75) is 60.9 Å². The average molecular weight is 185 g/mol. The Kier molecular flexibility index (Phi) is 4.44. The molecule has 0 aromatic rings. The lowest BCUT2D eigenvalue weighted by atomic mass is 9.72. The van der Waals surface area contributed by atoms with Gasteiger partial charge in [-0.15, -0.1) is 0 Å². The zero-order chi connectivity index (χ0) is 10.7. The number of hydrogen-bond donors (Lipinski definition) is 1. The van der Waals surface area contributed by atoms with Crippen LogP contribution in [-0.2, 0) is 0 Å². The van der Waals surface area contributed by atoms with Crippen molar-refractivity contribution in [3.63, 3.8) is 0 Å². The lowest BCUT2D eigenvalue weighted by molar-refractivity contribution is 0.140. The van der Waals surface area contributed by atoms with E-state index in [1.807, 2.05) is 0 Å². The molecule has 0 fully saturated rings. The Hall–Kier alpha value is -0.0400. The van der Waals surface area contributed by atoms with Gasteiger partial charge in [0.2, 0.25) is 0 Å². The highest BCUT2D eigenvalue weighted by molar-refractivity contribution is 4.89. The standard InChI is InChI=1S/C12H27N/c1-8-9-13-10(11(2,3)4)12(5,6)7/h10,13H,8-9H2,1-7H3. The van der Waals surface area contributed by atoms with Crippen molar-refractivity contribution in [3.05, 3.63) is 0 Å². The highest BCUT2D eigenvalue weighted by Gasteiger charge is 2.33. The molecule has 0 amide bonds. The second-order valence-electron chi connectivity index (χ2n) is 6.12. The molecule has 0 aliphatic carbocycles. The van der Waals surface area contributed by atoms with Gasteiger partial charge in [0, 0.05) is 6.04 Å². The summed E-state index contributed by atoms with van der Waals surface area (Å²) >= 11 is 0. The minimum absolute atomic E-state index is 0.341. The van der Waals surface area contributed by atoms with Crippen LogP contribution in [0.1, 0.15) is 54.9 Å². The minimum atomic E-state index is 0.341. The maximum atomic E-state index is 3.65. The van der Waals surface area contributed by atoms with E-state index in [1.54, 1.807) is 0 Å². The van der Waals surface area contributed by atoms with Gasteiger partial charge in [0.1, 0.15) is 0 Å². The van der Waals surface area contributed by atoms with E-state index in [2.05, 4.69) is 53.8 Å². The van der Waals surface area contributed by atoms with Crippen molar-refractivity contribution in [2.75, 3.05) is 6.54 Å². The van der Waals surface area contributed by atoms with E-state index in [1.165, 1.54) is 6.42 Å². The van der Waals surface area contributed by atoms with Gasteiger partial charge in [-0.25, -0.2) is 0 Å². The Labute approximate surface area is 84.3 Å². The Balaban J connectivity index is 4.39. The highest BCUT2D eigenvalue weighted by atomic mass is 14.9. The first-order chi connectivity index (χ1) is 5.69.